The van der Waals surface area contributed by atoms with Crippen molar-refractivity contribution in [2.24, 2.45) is 17.3 Å². The lowest BCUT2D eigenvalue weighted by atomic mass is 9.60. The van der Waals surface area contributed by atoms with E-state index in [1.807, 2.05) is 6.08 Å². The fourth-order valence-corrected chi connectivity index (χ4v) is 2.93. The summed E-state index contributed by atoms with van der Waals surface area (Å²) in [7, 11) is 0. The zero-order chi connectivity index (χ0) is 10.9. The average molecular weight is 202 g/mol. The molecular formula is C14H18O. The van der Waals surface area contributed by atoms with Crippen molar-refractivity contribution < 1.29 is 5.11 Å². The predicted molar refractivity (Wildman–Crippen MR) is 62.1 cm³/mol. The summed E-state index contributed by atoms with van der Waals surface area (Å²) in [6.45, 7) is 2.45. The summed E-state index contributed by atoms with van der Waals surface area (Å²) in [6.07, 6.45) is 15.2. The van der Waals surface area contributed by atoms with Crippen LogP contribution < -0.4 is 0 Å². The number of rotatable bonds is 1. The van der Waals surface area contributed by atoms with Gasteiger partial charge in [-0.3, -0.25) is 0 Å². The number of hydrogen-bond donors (Lipinski definition) is 1. The molecule has 0 aromatic heterocycles. The van der Waals surface area contributed by atoms with Crippen molar-refractivity contribution in [2.45, 2.75) is 26.2 Å². The largest absolute Gasteiger partial charge is 0.392 e. The molecule has 0 aromatic carbocycles. The Bertz CT molecular complexity index is 345. The van der Waals surface area contributed by atoms with Crippen LogP contribution in [0.1, 0.15) is 26.2 Å². The topological polar surface area (TPSA) is 20.2 Å². The lowest BCUT2D eigenvalue weighted by molar-refractivity contribution is 0.158. The number of aliphatic hydroxyl groups excluding tert-OH is 1. The third-order valence-electron chi connectivity index (χ3n) is 4.00. The lowest BCUT2D eigenvalue weighted by Gasteiger charge is -2.44. The summed E-state index contributed by atoms with van der Waals surface area (Å²) in [5.74, 6) is 3.71. The van der Waals surface area contributed by atoms with E-state index in [4.69, 9.17) is 6.42 Å². The number of aliphatic hydroxyl groups is 1. The van der Waals surface area contributed by atoms with Crippen LogP contribution in [-0.4, -0.2) is 11.7 Å². The summed E-state index contributed by atoms with van der Waals surface area (Å²) in [4.78, 5) is 0. The van der Waals surface area contributed by atoms with E-state index in [0.717, 1.165) is 24.8 Å². The first-order valence-electron chi connectivity index (χ1n) is 5.65. The van der Waals surface area contributed by atoms with E-state index in [2.05, 4.69) is 25.0 Å². The molecule has 15 heavy (non-hydrogen) atoms. The highest BCUT2D eigenvalue weighted by molar-refractivity contribution is 5.28. The lowest BCUT2D eigenvalue weighted by Crippen LogP contribution is -2.35. The fraction of sp³-hybridized carbons (Fsp3) is 0.571. The molecule has 1 heteroatoms. The van der Waals surface area contributed by atoms with Crippen molar-refractivity contribution in [3.63, 3.8) is 0 Å². The number of terminal acetylenes is 1. The van der Waals surface area contributed by atoms with Crippen LogP contribution in [0.25, 0.3) is 0 Å². The Balaban J connectivity index is 2.25. The molecule has 0 amide bonds. The molecule has 1 N–H and O–H groups in total. The molecule has 3 atom stereocenters. The Kier molecular flexibility index (Phi) is 2.71. The molecule has 2 rings (SSSR count). The fourth-order valence-electron chi connectivity index (χ4n) is 2.93. The van der Waals surface area contributed by atoms with Gasteiger partial charge in [0, 0.05) is 5.92 Å². The van der Waals surface area contributed by atoms with E-state index in [1.165, 1.54) is 0 Å². The highest BCUT2D eigenvalue weighted by Crippen LogP contribution is 2.49. The predicted octanol–water partition coefficient (Wildman–Crippen LogP) is 2.53. The second-order valence-electron chi connectivity index (χ2n) is 4.96. The average Bonchev–Trinajstić information content (AvgIpc) is 2.27. The molecular weight excluding hydrogens is 184 g/mol. The molecule has 1 fully saturated rings. The van der Waals surface area contributed by atoms with Crippen LogP contribution in [-0.2, 0) is 0 Å². The summed E-state index contributed by atoms with van der Waals surface area (Å²) < 4.78 is 0. The second kappa shape index (κ2) is 3.87. The Morgan fingerprint density at radius 1 is 1.67 bits per heavy atom. The molecule has 1 saturated carbocycles. The maximum Gasteiger partial charge on any atom is 0.0647 e. The normalized spacial score (nSPS) is 39.1. The third-order valence-corrected chi connectivity index (χ3v) is 4.00. The first-order valence-corrected chi connectivity index (χ1v) is 5.65. The first kappa shape index (κ1) is 10.5. The standard InChI is InChI=1S/C14H18O/c1-3-11-6-8-14(2)7-4-5-12(10-15)13(14)9-11/h1,4-5,7,11,13,15H,6,8-10H2,2H3/t11-,13-,14+/m1/s1. The minimum Gasteiger partial charge on any atom is -0.392 e. The Morgan fingerprint density at radius 3 is 3.13 bits per heavy atom. The molecule has 0 radical (unpaired) electrons. The Labute approximate surface area is 91.9 Å². The van der Waals surface area contributed by atoms with Crippen LogP contribution in [0.3, 0.4) is 0 Å². The smallest absolute Gasteiger partial charge is 0.0647 e. The monoisotopic (exact) mass is 202 g/mol. The zero-order valence-electron chi connectivity index (χ0n) is 9.24. The van der Waals surface area contributed by atoms with Crippen molar-refractivity contribution in [1.29, 1.82) is 0 Å². The molecule has 80 valence electrons. The van der Waals surface area contributed by atoms with E-state index in [-0.39, 0.29) is 12.0 Å². The van der Waals surface area contributed by atoms with Gasteiger partial charge in [-0.2, -0.15) is 0 Å². The van der Waals surface area contributed by atoms with Gasteiger partial charge in [-0.1, -0.05) is 25.2 Å². The molecule has 0 aromatic rings. The van der Waals surface area contributed by atoms with Gasteiger partial charge in [-0.15, -0.1) is 12.3 Å². The minimum absolute atomic E-state index is 0.169. The van der Waals surface area contributed by atoms with Gasteiger partial charge in [-0.05, 0) is 36.2 Å². The first-order chi connectivity index (χ1) is 7.19. The number of hydrogen-bond acceptors (Lipinski definition) is 1. The molecule has 0 heterocycles. The zero-order valence-corrected chi connectivity index (χ0v) is 9.24. The Morgan fingerprint density at radius 2 is 2.47 bits per heavy atom. The quantitative estimate of drug-likeness (QED) is 0.648. The van der Waals surface area contributed by atoms with Crippen molar-refractivity contribution in [2.75, 3.05) is 6.61 Å². The van der Waals surface area contributed by atoms with E-state index in [0.29, 0.717) is 11.8 Å². The highest BCUT2D eigenvalue weighted by atomic mass is 16.3. The van der Waals surface area contributed by atoms with Gasteiger partial charge >= 0.3 is 0 Å². The second-order valence-corrected chi connectivity index (χ2v) is 4.96. The van der Waals surface area contributed by atoms with Crippen molar-refractivity contribution in [1.82, 2.24) is 0 Å². The van der Waals surface area contributed by atoms with Gasteiger partial charge < -0.3 is 5.11 Å². The van der Waals surface area contributed by atoms with Gasteiger partial charge in [0.25, 0.3) is 0 Å². The molecule has 0 saturated heterocycles. The van der Waals surface area contributed by atoms with Gasteiger partial charge in [0.1, 0.15) is 0 Å². The van der Waals surface area contributed by atoms with E-state index >= 15 is 0 Å². The van der Waals surface area contributed by atoms with E-state index in [9.17, 15) is 5.11 Å². The molecule has 2 aliphatic rings. The highest BCUT2D eigenvalue weighted by Gasteiger charge is 2.40. The SMILES string of the molecule is C#C[C@@H]1CC[C@]2(C)C=CC=C(CO)[C@H]2C1. The van der Waals surface area contributed by atoms with E-state index < -0.39 is 0 Å². The van der Waals surface area contributed by atoms with E-state index in [1.54, 1.807) is 0 Å². The molecule has 0 bridgehead atoms. The summed E-state index contributed by atoms with van der Waals surface area (Å²) in [5.41, 5.74) is 1.38. The van der Waals surface area contributed by atoms with Crippen LogP contribution in [0.2, 0.25) is 0 Å². The molecule has 1 nitrogen and oxygen atoms in total. The molecule has 0 aliphatic heterocycles. The van der Waals surface area contributed by atoms with Crippen LogP contribution in [0, 0.1) is 29.6 Å². The molecule has 0 unspecified atom stereocenters. The van der Waals surface area contributed by atoms with Crippen LogP contribution in [0.15, 0.2) is 23.8 Å². The van der Waals surface area contributed by atoms with Crippen LogP contribution in [0.4, 0.5) is 0 Å². The van der Waals surface area contributed by atoms with Gasteiger partial charge in [0.05, 0.1) is 6.61 Å². The molecule has 0 spiro atoms. The number of fused-ring (bicyclic) bond motifs is 1. The minimum atomic E-state index is 0.169. The van der Waals surface area contributed by atoms with Gasteiger partial charge in [0.15, 0.2) is 0 Å². The summed E-state index contributed by atoms with van der Waals surface area (Å²) in [5, 5.41) is 9.35. The van der Waals surface area contributed by atoms with Gasteiger partial charge in [-0.25, -0.2) is 0 Å². The van der Waals surface area contributed by atoms with Crippen molar-refractivity contribution >= 4 is 0 Å². The third kappa shape index (κ3) is 1.75. The molecule has 2 aliphatic carbocycles. The maximum atomic E-state index is 9.35. The van der Waals surface area contributed by atoms with Gasteiger partial charge in [0.2, 0.25) is 0 Å². The van der Waals surface area contributed by atoms with Crippen molar-refractivity contribution in [3.8, 4) is 12.3 Å². The van der Waals surface area contributed by atoms with Crippen molar-refractivity contribution in [3.05, 3.63) is 23.8 Å². The summed E-state index contributed by atoms with van der Waals surface area (Å²) >= 11 is 0. The van der Waals surface area contributed by atoms with Crippen LogP contribution >= 0.6 is 0 Å². The maximum absolute atomic E-state index is 9.35. The van der Waals surface area contributed by atoms with Crippen LogP contribution in [0.5, 0.6) is 0 Å². The Hall–Kier alpha value is -1.00. The number of allylic oxidation sites excluding steroid dienone is 3. The summed E-state index contributed by atoms with van der Waals surface area (Å²) in [6, 6.07) is 0.